The highest BCUT2D eigenvalue weighted by Gasteiger charge is 2.11. The van der Waals surface area contributed by atoms with Crippen LogP contribution in [0.2, 0.25) is 5.02 Å². The Morgan fingerprint density at radius 1 is 1.30 bits per heavy atom. The molecule has 0 aliphatic heterocycles. The number of aromatic nitrogens is 4. The smallest absolute Gasteiger partial charge is 0.241 e. The summed E-state index contributed by atoms with van der Waals surface area (Å²) in [4.78, 5) is 8.45. The van der Waals surface area contributed by atoms with Gasteiger partial charge in [-0.25, -0.2) is 5.84 Å². The molecule has 0 amide bonds. The van der Waals surface area contributed by atoms with Gasteiger partial charge in [0.1, 0.15) is 5.82 Å². The van der Waals surface area contributed by atoms with Crippen LogP contribution in [0.25, 0.3) is 11.0 Å². The van der Waals surface area contributed by atoms with Crippen molar-refractivity contribution in [3.63, 3.8) is 0 Å². The normalized spacial score (nSPS) is 10.8. The Balaban J connectivity index is 2.12. The molecular formula is C12H12ClN7. The van der Waals surface area contributed by atoms with Crippen LogP contribution in [0.1, 0.15) is 5.56 Å². The van der Waals surface area contributed by atoms with Crippen molar-refractivity contribution in [3.05, 3.63) is 35.0 Å². The summed E-state index contributed by atoms with van der Waals surface area (Å²) in [5.41, 5.74) is 4.80. The number of rotatable bonds is 3. The summed E-state index contributed by atoms with van der Waals surface area (Å²) in [6.07, 6.45) is 1.64. The first kappa shape index (κ1) is 12.6. The number of fused-ring (bicyclic) bond motifs is 1. The third-order valence-electron chi connectivity index (χ3n) is 2.90. The number of H-pyrrole nitrogens is 1. The van der Waals surface area contributed by atoms with E-state index in [1.165, 1.54) is 0 Å². The van der Waals surface area contributed by atoms with Crippen LogP contribution in [0.5, 0.6) is 0 Å². The average molecular weight is 290 g/mol. The Kier molecular flexibility index (Phi) is 3.13. The molecule has 0 atom stereocenters. The number of nitrogens with two attached hydrogens (primary N) is 1. The maximum absolute atomic E-state index is 6.21. The van der Waals surface area contributed by atoms with Gasteiger partial charge >= 0.3 is 0 Å². The van der Waals surface area contributed by atoms with Gasteiger partial charge in [0.2, 0.25) is 5.95 Å². The molecule has 0 saturated heterocycles. The van der Waals surface area contributed by atoms with E-state index >= 15 is 0 Å². The molecule has 8 heteroatoms. The molecule has 2 aromatic heterocycles. The number of nitrogens with one attached hydrogen (secondary N) is 3. The molecule has 0 bridgehead atoms. The number of hydrogen-bond acceptors (Lipinski definition) is 6. The van der Waals surface area contributed by atoms with Gasteiger partial charge in [-0.05, 0) is 18.6 Å². The summed E-state index contributed by atoms with van der Waals surface area (Å²) >= 11 is 6.21. The van der Waals surface area contributed by atoms with Crippen molar-refractivity contribution in [2.75, 3.05) is 10.7 Å². The van der Waals surface area contributed by atoms with Crippen LogP contribution in [-0.2, 0) is 0 Å². The fraction of sp³-hybridized carbons (Fsp3) is 0.0833. The third-order valence-corrected chi connectivity index (χ3v) is 3.22. The maximum Gasteiger partial charge on any atom is 0.241 e. The zero-order chi connectivity index (χ0) is 14.1. The van der Waals surface area contributed by atoms with Gasteiger partial charge < -0.3 is 5.32 Å². The fourth-order valence-corrected chi connectivity index (χ4v) is 2.17. The standard InChI is InChI=1S/C12H12ClN7/c1-6-3-2-4-8(13)9(6)16-10-7-5-15-20-11(7)18-12(17-10)19-14/h2-5H,14H2,1H3,(H3,15,16,17,18,19,20). The minimum absolute atomic E-state index is 0.286. The minimum Gasteiger partial charge on any atom is -0.338 e. The molecule has 0 radical (unpaired) electrons. The van der Waals surface area contributed by atoms with Crippen molar-refractivity contribution in [2.45, 2.75) is 6.92 Å². The molecule has 0 unspecified atom stereocenters. The number of halogens is 1. The number of anilines is 3. The molecule has 5 N–H and O–H groups in total. The van der Waals surface area contributed by atoms with Crippen molar-refractivity contribution in [3.8, 4) is 0 Å². The largest absolute Gasteiger partial charge is 0.338 e. The Labute approximate surface area is 119 Å². The Morgan fingerprint density at radius 2 is 2.15 bits per heavy atom. The highest BCUT2D eigenvalue weighted by molar-refractivity contribution is 6.33. The number of nitrogens with zero attached hydrogens (tertiary/aromatic N) is 3. The molecule has 3 aromatic rings. The van der Waals surface area contributed by atoms with Crippen LogP contribution in [-0.4, -0.2) is 20.2 Å². The van der Waals surface area contributed by atoms with E-state index in [1.54, 1.807) is 6.20 Å². The maximum atomic E-state index is 6.21. The number of aryl methyl sites for hydroxylation is 1. The van der Waals surface area contributed by atoms with Crippen LogP contribution in [0.4, 0.5) is 17.5 Å². The summed E-state index contributed by atoms with van der Waals surface area (Å²) in [5.74, 6) is 6.23. The van der Waals surface area contributed by atoms with Gasteiger partial charge in [-0.2, -0.15) is 15.1 Å². The highest BCUT2D eigenvalue weighted by atomic mass is 35.5. The first-order valence-corrected chi connectivity index (χ1v) is 6.26. The Morgan fingerprint density at radius 3 is 2.90 bits per heavy atom. The molecule has 0 spiro atoms. The van der Waals surface area contributed by atoms with Crippen LogP contribution >= 0.6 is 11.6 Å². The van der Waals surface area contributed by atoms with E-state index in [-0.39, 0.29) is 5.95 Å². The zero-order valence-electron chi connectivity index (χ0n) is 10.6. The number of para-hydroxylation sites is 1. The molecule has 0 saturated carbocycles. The monoisotopic (exact) mass is 289 g/mol. The lowest BCUT2D eigenvalue weighted by Gasteiger charge is -2.12. The van der Waals surface area contributed by atoms with Crippen molar-refractivity contribution >= 4 is 40.1 Å². The number of aromatic amines is 1. The van der Waals surface area contributed by atoms with E-state index in [1.807, 2.05) is 25.1 Å². The Bertz CT molecular complexity index is 747. The highest BCUT2D eigenvalue weighted by Crippen LogP contribution is 2.30. The molecule has 0 aliphatic carbocycles. The summed E-state index contributed by atoms with van der Waals surface area (Å²) < 4.78 is 0. The zero-order valence-corrected chi connectivity index (χ0v) is 11.4. The molecule has 7 nitrogen and oxygen atoms in total. The third kappa shape index (κ3) is 2.13. The molecule has 0 fully saturated rings. The number of nitrogen functional groups attached to an aromatic ring is 1. The minimum atomic E-state index is 0.286. The van der Waals surface area contributed by atoms with Gasteiger partial charge in [0.05, 0.1) is 22.3 Å². The van der Waals surface area contributed by atoms with E-state index in [0.717, 1.165) is 16.6 Å². The molecular weight excluding hydrogens is 278 g/mol. The lowest BCUT2D eigenvalue weighted by Crippen LogP contribution is -2.11. The number of benzene rings is 1. The first-order valence-electron chi connectivity index (χ1n) is 5.89. The number of hydrogen-bond donors (Lipinski definition) is 4. The second-order valence-electron chi connectivity index (χ2n) is 4.23. The molecule has 2 heterocycles. The second kappa shape index (κ2) is 4.95. The predicted octanol–water partition coefficient (Wildman–Crippen LogP) is 2.34. The fourth-order valence-electron chi connectivity index (χ4n) is 1.90. The summed E-state index contributed by atoms with van der Waals surface area (Å²) in [5, 5.41) is 11.3. The molecule has 20 heavy (non-hydrogen) atoms. The average Bonchev–Trinajstić information content (AvgIpc) is 2.91. The lowest BCUT2D eigenvalue weighted by atomic mass is 10.2. The van der Waals surface area contributed by atoms with Crippen LogP contribution in [0, 0.1) is 6.92 Å². The van der Waals surface area contributed by atoms with Gasteiger partial charge in [0.25, 0.3) is 0 Å². The molecule has 0 aliphatic rings. The van der Waals surface area contributed by atoms with Gasteiger partial charge in [-0.1, -0.05) is 23.7 Å². The quantitative estimate of drug-likeness (QED) is 0.436. The summed E-state index contributed by atoms with van der Waals surface area (Å²) in [7, 11) is 0. The molecule has 102 valence electrons. The van der Waals surface area contributed by atoms with Crippen molar-refractivity contribution < 1.29 is 0 Å². The topological polar surface area (TPSA) is 105 Å². The van der Waals surface area contributed by atoms with Gasteiger partial charge in [-0.3, -0.25) is 10.5 Å². The predicted molar refractivity (Wildman–Crippen MR) is 79.0 cm³/mol. The number of hydrazine groups is 1. The van der Waals surface area contributed by atoms with Gasteiger partial charge in [0.15, 0.2) is 5.65 Å². The van der Waals surface area contributed by atoms with E-state index < -0.39 is 0 Å². The molecule has 1 aromatic carbocycles. The Hall–Kier alpha value is -2.38. The van der Waals surface area contributed by atoms with Crippen molar-refractivity contribution in [1.82, 2.24) is 20.2 Å². The van der Waals surface area contributed by atoms with E-state index in [9.17, 15) is 0 Å². The van der Waals surface area contributed by atoms with Crippen LogP contribution in [0.15, 0.2) is 24.4 Å². The first-order chi connectivity index (χ1) is 9.69. The van der Waals surface area contributed by atoms with Gasteiger partial charge in [0, 0.05) is 0 Å². The summed E-state index contributed by atoms with van der Waals surface area (Å²) in [6, 6.07) is 5.67. The van der Waals surface area contributed by atoms with Crippen molar-refractivity contribution in [1.29, 1.82) is 0 Å². The van der Waals surface area contributed by atoms with Crippen LogP contribution < -0.4 is 16.6 Å². The summed E-state index contributed by atoms with van der Waals surface area (Å²) in [6.45, 7) is 1.96. The second-order valence-corrected chi connectivity index (χ2v) is 4.64. The van der Waals surface area contributed by atoms with E-state index in [4.69, 9.17) is 17.4 Å². The van der Waals surface area contributed by atoms with Crippen LogP contribution in [0.3, 0.4) is 0 Å². The molecule has 3 rings (SSSR count). The van der Waals surface area contributed by atoms with Gasteiger partial charge in [-0.15, -0.1) is 0 Å². The van der Waals surface area contributed by atoms with Crippen molar-refractivity contribution in [2.24, 2.45) is 5.84 Å². The lowest BCUT2D eigenvalue weighted by molar-refractivity contribution is 1.08. The van der Waals surface area contributed by atoms with E-state index in [2.05, 4.69) is 30.9 Å². The SMILES string of the molecule is Cc1cccc(Cl)c1Nc1nc(NN)nc2[nH]ncc12. The van der Waals surface area contributed by atoms with E-state index in [0.29, 0.717) is 16.5 Å².